The highest BCUT2D eigenvalue weighted by Crippen LogP contribution is 2.09. The van der Waals surface area contributed by atoms with Gasteiger partial charge in [0, 0.05) is 19.3 Å². The number of nitrogens with two attached hydrogens (primary N) is 1. The average Bonchev–Trinajstić information content (AvgIpc) is 2.72. The van der Waals surface area contributed by atoms with E-state index in [1.165, 1.54) is 70.6 Å². The van der Waals surface area contributed by atoms with E-state index in [-0.39, 0.29) is 12.1 Å². The van der Waals surface area contributed by atoms with Crippen LogP contribution >= 0.6 is 0 Å². The zero-order chi connectivity index (χ0) is 21.4. The van der Waals surface area contributed by atoms with E-state index in [1.807, 2.05) is 6.92 Å². The van der Waals surface area contributed by atoms with Crippen molar-refractivity contribution in [3.63, 3.8) is 0 Å². The second kappa shape index (κ2) is 22.8. The summed E-state index contributed by atoms with van der Waals surface area (Å²) in [6, 6.07) is 0. The molecule has 0 rings (SSSR count). The second-order valence-corrected chi connectivity index (χ2v) is 8.03. The van der Waals surface area contributed by atoms with Gasteiger partial charge in [0.2, 0.25) is 5.91 Å². The standard InChI is InChI=1S/C26H46N2O/c1-3-5-6-7-8-9-10-11-12-13-14-15-16-17-18-19-20-21-22-23-24-26(29)28-25(27)4-2/h25H,3-12,17-24,27H2,1-2H3,(H,28,29). The summed E-state index contributed by atoms with van der Waals surface area (Å²) in [5.74, 6) is 12.4. The van der Waals surface area contributed by atoms with E-state index in [4.69, 9.17) is 5.73 Å². The number of hydrogen-bond acceptors (Lipinski definition) is 2. The molecule has 0 aromatic heterocycles. The van der Waals surface area contributed by atoms with Crippen LogP contribution in [0.2, 0.25) is 0 Å². The Hall–Kier alpha value is -1.45. The number of hydrogen-bond donors (Lipinski definition) is 2. The van der Waals surface area contributed by atoms with Gasteiger partial charge in [-0.15, -0.1) is 0 Å². The Bertz CT molecular complexity index is 492. The van der Waals surface area contributed by atoms with Gasteiger partial charge in [-0.25, -0.2) is 0 Å². The quantitative estimate of drug-likeness (QED) is 0.157. The van der Waals surface area contributed by atoms with Gasteiger partial charge in [0.15, 0.2) is 0 Å². The minimum atomic E-state index is -0.196. The van der Waals surface area contributed by atoms with Gasteiger partial charge in [-0.3, -0.25) is 4.79 Å². The summed E-state index contributed by atoms with van der Waals surface area (Å²) in [6.07, 6.45) is 20.8. The molecular formula is C26H46N2O. The Morgan fingerprint density at radius 1 is 0.724 bits per heavy atom. The minimum absolute atomic E-state index is 0.0816. The van der Waals surface area contributed by atoms with Crippen LogP contribution in [0.15, 0.2) is 0 Å². The largest absolute Gasteiger partial charge is 0.341 e. The van der Waals surface area contributed by atoms with Crippen LogP contribution in [0.4, 0.5) is 0 Å². The van der Waals surface area contributed by atoms with Gasteiger partial charge >= 0.3 is 0 Å². The number of nitrogens with one attached hydrogen (secondary N) is 1. The van der Waals surface area contributed by atoms with Crippen LogP contribution in [-0.2, 0) is 4.79 Å². The van der Waals surface area contributed by atoms with Crippen LogP contribution in [0.25, 0.3) is 0 Å². The van der Waals surface area contributed by atoms with Crippen LogP contribution < -0.4 is 11.1 Å². The number of carbonyl (C=O) groups is 1. The highest BCUT2D eigenvalue weighted by Gasteiger charge is 2.04. The molecule has 0 aliphatic rings. The normalized spacial score (nSPS) is 11.1. The Labute approximate surface area is 181 Å². The molecule has 0 radical (unpaired) electrons. The van der Waals surface area contributed by atoms with Crippen molar-refractivity contribution in [3.8, 4) is 23.7 Å². The van der Waals surface area contributed by atoms with Crippen LogP contribution in [0.5, 0.6) is 0 Å². The number of rotatable bonds is 18. The molecule has 29 heavy (non-hydrogen) atoms. The molecule has 0 spiro atoms. The van der Waals surface area contributed by atoms with Crippen LogP contribution in [-0.4, -0.2) is 12.1 Å². The Morgan fingerprint density at radius 3 is 1.66 bits per heavy atom. The fourth-order valence-electron chi connectivity index (χ4n) is 3.15. The third kappa shape index (κ3) is 22.7. The van der Waals surface area contributed by atoms with E-state index in [0.29, 0.717) is 6.42 Å². The van der Waals surface area contributed by atoms with E-state index in [1.54, 1.807) is 0 Å². The van der Waals surface area contributed by atoms with Crippen LogP contribution in [0.3, 0.4) is 0 Å². The molecule has 0 heterocycles. The molecule has 166 valence electrons. The van der Waals surface area contributed by atoms with Crippen LogP contribution in [0.1, 0.15) is 129 Å². The first-order chi connectivity index (χ1) is 14.2. The summed E-state index contributed by atoms with van der Waals surface area (Å²) < 4.78 is 0. The van der Waals surface area contributed by atoms with Crippen molar-refractivity contribution in [3.05, 3.63) is 0 Å². The SMILES string of the molecule is CCCCCCCCCCC#CC#CCCCCCCCCC(=O)NC(N)CC. The molecule has 0 aromatic carbocycles. The zero-order valence-electron chi connectivity index (χ0n) is 19.3. The Morgan fingerprint density at radius 2 is 1.17 bits per heavy atom. The molecule has 1 atom stereocenters. The van der Waals surface area contributed by atoms with Crippen molar-refractivity contribution >= 4 is 5.91 Å². The average molecular weight is 403 g/mol. The molecular weight excluding hydrogens is 356 g/mol. The molecule has 3 heteroatoms. The third-order valence-electron chi connectivity index (χ3n) is 5.14. The van der Waals surface area contributed by atoms with Gasteiger partial charge in [0.05, 0.1) is 6.17 Å². The summed E-state index contributed by atoms with van der Waals surface area (Å²) in [7, 11) is 0. The van der Waals surface area contributed by atoms with Gasteiger partial charge in [-0.2, -0.15) is 0 Å². The lowest BCUT2D eigenvalue weighted by Gasteiger charge is -2.10. The van der Waals surface area contributed by atoms with Crippen LogP contribution in [0, 0.1) is 23.7 Å². The van der Waals surface area contributed by atoms with Gasteiger partial charge < -0.3 is 11.1 Å². The van der Waals surface area contributed by atoms with Gasteiger partial charge in [-0.1, -0.05) is 96.3 Å². The van der Waals surface area contributed by atoms with Gasteiger partial charge in [0.1, 0.15) is 0 Å². The lowest BCUT2D eigenvalue weighted by Crippen LogP contribution is -2.40. The van der Waals surface area contributed by atoms with E-state index >= 15 is 0 Å². The van der Waals surface area contributed by atoms with Gasteiger partial charge in [-0.05, 0) is 37.5 Å². The van der Waals surface area contributed by atoms with Crippen molar-refractivity contribution in [2.45, 2.75) is 136 Å². The molecule has 0 aliphatic heterocycles. The first kappa shape index (κ1) is 27.5. The number of unbranched alkanes of at least 4 members (excludes halogenated alkanes) is 14. The molecule has 1 unspecified atom stereocenters. The smallest absolute Gasteiger partial charge is 0.221 e. The van der Waals surface area contributed by atoms with E-state index in [2.05, 4.69) is 35.9 Å². The maximum atomic E-state index is 11.6. The molecule has 3 N–H and O–H groups in total. The molecule has 0 saturated heterocycles. The maximum absolute atomic E-state index is 11.6. The predicted octanol–water partition coefficient (Wildman–Crippen LogP) is 6.46. The number of amides is 1. The topological polar surface area (TPSA) is 55.1 Å². The van der Waals surface area contributed by atoms with E-state index in [9.17, 15) is 4.79 Å². The minimum Gasteiger partial charge on any atom is -0.341 e. The number of carbonyl (C=O) groups excluding carboxylic acids is 1. The van der Waals surface area contributed by atoms with Crippen molar-refractivity contribution in [2.24, 2.45) is 5.73 Å². The second-order valence-electron chi connectivity index (χ2n) is 8.03. The molecule has 0 fully saturated rings. The first-order valence-electron chi connectivity index (χ1n) is 12.2. The predicted molar refractivity (Wildman–Crippen MR) is 126 cm³/mol. The molecule has 1 amide bonds. The highest BCUT2D eigenvalue weighted by molar-refractivity contribution is 5.76. The lowest BCUT2D eigenvalue weighted by atomic mass is 10.1. The fraction of sp³-hybridized carbons (Fsp3) is 0.808. The van der Waals surface area contributed by atoms with Gasteiger partial charge in [0.25, 0.3) is 0 Å². The summed E-state index contributed by atoms with van der Waals surface area (Å²) >= 11 is 0. The Balaban J connectivity index is 3.34. The first-order valence-corrected chi connectivity index (χ1v) is 12.2. The molecule has 3 nitrogen and oxygen atoms in total. The lowest BCUT2D eigenvalue weighted by molar-refractivity contribution is -0.121. The van der Waals surface area contributed by atoms with Crippen molar-refractivity contribution < 1.29 is 4.79 Å². The Kier molecular flexibility index (Phi) is 21.7. The summed E-state index contributed by atoms with van der Waals surface area (Å²) in [5.41, 5.74) is 5.70. The van der Waals surface area contributed by atoms with E-state index in [0.717, 1.165) is 38.5 Å². The van der Waals surface area contributed by atoms with Crippen molar-refractivity contribution in [2.75, 3.05) is 0 Å². The monoisotopic (exact) mass is 402 g/mol. The highest BCUT2D eigenvalue weighted by atomic mass is 16.1. The zero-order valence-corrected chi connectivity index (χ0v) is 19.3. The third-order valence-corrected chi connectivity index (χ3v) is 5.14. The molecule has 0 bridgehead atoms. The molecule has 0 aromatic rings. The van der Waals surface area contributed by atoms with Crippen molar-refractivity contribution in [1.82, 2.24) is 5.32 Å². The molecule has 0 aliphatic carbocycles. The van der Waals surface area contributed by atoms with Crippen molar-refractivity contribution in [1.29, 1.82) is 0 Å². The molecule has 0 saturated carbocycles. The fourth-order valence-corrected chi connectivity index (χ4v) is 3.15. The summed E-state index contributed by atoms with van der Waals surface area (Å²) in [4.78, 5) is 11.6. The summed E-state index contributed by atoms with van der Waals surface area (Å²) in [5, 5.41) is 2.80. The summed E-state index contributed by atoms with van der Waals surface area (Å²) in [6.45, 7) is 4.24. The van der Waals surface area contributed by atoms with E-state index < -0.39 is 0 Å². The maximum Gasteiger partial charge on any atom is 0.221 e.